The summed E-state index contributed by atoms with van der Waals surface area (Å²) in [5, 5.41) is 1.21. The number of rotatable bonds is 3. The maximum absolute atomic E-state index is 13.4. The summed E-state index contributed by atoms with van der Waals surface area (Å²) in [6.45, 7) is 3.80. The molecule has 2 aliphatic rings. The van der Waals surface area contributed by atoms with Gasteiger partial charge in [-0.1, -0.05) is 23.7 Å². The number of carbonyl (C=O) groups excluding carboxylic acids is 1. The SMILES string of the molecule is O=C(c1ccc(Cl)cc1)N1CCC(N2CCN(c3nc(C(F)(F)F)nc4ccccc34)CC2)C1. The highest BCUT2D eigenvalue weighted by Crippen LogP contribution is 2.32. The Labute approximate surface area is 199 Å². The molecule has 5 rings (SSSR count). The molecule has 0 spiro atoms. The van der Waals surface area contributed by atoms with Crippen molar-refractivity contribution in [3.63, 3.8) is 0 Å². The van der Waals surface area contributed by atoms with Crippen LogP contribution in [0.5, 0.6) is 0 Å². The molecule has 2 aliphatic heterocycles. The number of piperazine rings is 1. The minimum Gasteiger partial charge on any atom is -0.353 e. The number of likely N-dealkylation sites (tertiary alicyclic amines) is 1. The van der Waals surface area contributed by atoms with E-state index in [1.807, 2.05) is 9.80 Å². The van der Waals surface area contributed by atoms with Gasteiger partial charge in [-0.15, -0.1) is 0 Å². The fourth-order valence-corrected chi connectivity index (χ4v) is 4.85. The number of hydrogen-bond donors (Lipinski definition) is 0. The van der Waals surface area contributed by atoms with Crippen LogP contribution in [-0.2, 0) is 6.18 Å². The van der Waals surface area contributed by atoms with Gasteiger partial charge in [-0.05, 0) is 42.8 Å². The molecule has 6 nitrogen and oxygen atoms in total. The molecule has 2 fully saturated rings. The van der Waals surface area contributed by atoms with Gasteiger partial charge in [0.05, 0.1) is 5.52 Å². The van der Waals surface area contributed by atoms with Crippen molar-refractivity contribution in [2.24, 2.45) is 0 Å². The molecule has 0 N–H and O–H groups in total. The van der Waals surface area contributed by atoms with Crippen LogP contribution in [0.3, 0.4) is 0 Å². The predicted molar refractivity (Wildman–Crippen MR) is 124 cm³/mol. The summed E-state index contributed by atoms with van der Waals surface area (Å²) in [6.07, 6.45) is -3.74. The standard InChI is InChI=1S/C24H23ClF3N5O/c25-17-7-5-16(6-8-17)22(34)33-10-9-18(15-33)31-11-13-32(14-12-31)21-19-3-1-2-4-20(19)29-23(30-21)24(26,27)28/h1-8,18H,9-15H2. The summed E-state index contributed by atoms with van der Waals surface area (Å²) in [7, 11) is 0. The topological polar surface area (TPSA) is 52.6 Å². The van der Waals surface area contributed by atoms with Crippen molar-refractivity contribution in [1.82, 2.24) is 19.8 Å². The van der Waals surface area contributed by atoms with Crippen LogP contribution in [0, 0.1) is 0 Å². The van der Waals surface area contributed by atoms with Crippen molar-refractivity contribution in [1.29, 1.82) is 0 Å². The molecule has 1 atom stereocenters. The number of nitrogens with zero attached hydrogens (tertiary/aromatic N) is 5. The Morgan fingerprint density at radius 3 is 2.35 bits per heavy atom. The second-order valence-electron chi connectivity index (χ2n) is 8.61. The van der Waals surface area contributed by atoms with Crippen LogP contribution in [0.15, 0.2) is 48.5 Å². The van der Waals surface area contributed by atoms with Gasteiger partial charge in [-0.2, -0.15) is 13.2 Å². The number of alkyl halides is 3. The zero-order valence-electron chi connectivity index (χ0n) is 18.3. The fraction of sp³-hybridized carbons (Fsp3) is 0.375. The van der Waals surface area contributed by atoms with E-state index in [4.69, 9.17) is 11.6 Å². The highest BCUT2D eigenvalue weighted by Gasteiger charge is 2.37. The van der Waals surface area contributed by atoms with Crippen LogP contribution >= 0.6 is 11.6 Å². The van der Waals surface area contributed by atoms with Gasteiger partial charge in [0.15, 0.2) is 0 Å². The van der Waals surface area contributed by atoms with Gasteiger partial charge in [-0.3, -0.25) is 9.69 Å². The Morgan fingerprint density at radius 2 is 1.65 bits per heavy atom. The average molecular weight is 490 g/mol. The van der Waals surface area contributed by atoms with E-state index < -0.39 is 12.0 Å². The Kier molecular flexibility index (Phi) is 6.07. The molecule has 1 aromatic heterocycles. The van der Waals surface area contributed by atoms with Gasteiger partial charge in [0.25, 0.3) is 5.91 Å². The van der Waals surface area contributed by atoms with Gasteiger partial charge in [0.2, 0.25) is 5.82 Å². The van der Waals surface area contributed by atoms with Crippen LogP contribution in [0.2, 0.25) is 5.02 Å². The number of para-hydroxylation sites is 1. The van der Waals surface area contributed by atoms with Crippen molar-refractivity contribution in [2.45, 2.75) is 18.6 Å². The molecule has 178 valence electrons. The molecular formula is C24H23ClF3N5O. The largest absolute Gasteiger partial charge is 0.451 e. The number of fused-ring (bicyclic) bond motifs is 1. The van der Waals surface area contributed by atoms with E-state index in [1.54, 1.807) is 48.5 Å². The molecule has 10 heteroatoms. The van der Waals surface area contributed by atoms with Crippen molar-refractivity contribution in [3.8, 4) is 0 Å². The quantitative estimate of drug-likeness (QED) is 0.548. The van der Waals surface area contributed by atoms with Crippen molar-refractivity contribution < 1.29 is 18.0 Å². The number of halogens is 4. The monoisotopic (exact) mass is 489 g/mol. The summed E-state index contributed by atoms with van der Waals surface area (Å²) in [6, 6.07) is 13.9. The van der Waals surface area contributed by atoms with Gasteiger partial charge in [-0.25, -0.2) is 9.97 Å². The van der Waals surface area contributed by atoms with E-state index in [-0.39, 0.29) is 17.5 Å². The first-order valence-electron chi connectivity index (χ1n) is 11.2. The third-order valence-electron chi connectivity index (χ3n) is 6.51. The normalized spacial score (nSPS) is 19.7. The lowest BCUT2D eigenvalue weighted by Gasteiger charge is -2.38. The predicted octanol–water partition coefficient (Wildman–Crippen LogP) is 4.34. The van der Waals surface area contributed by atoms with E-state index in [2.05, 4.69) is 14.9 Å². The zero-order valence-corrected chi connectivity index (χ0v) is 19.1. The number of anilines is 1. The third-order valence-corrected chi connectivity index (χ3v) is 6.76. The minimum absolute atomic E-state index is 0.00932. The maximum Gasteiger partial charge on any atom is 0.451 e. The van der Waals surface area contributed by atoms with Crippen LogP contribution < -0.4 is 4.90 Å². The first kappa shape index (κ1) is 22.9. The second-order valence-corrected chi connectivity index (χ2v) is 9.05. The molecule has 1 unspecified atom stereocenters. The molecule has 3 aromatic rings. The Bertz CT molecular complexity index is 1200. The Hall–Kier alpha value is -2.91. The average Bonchev–Trinajstić information content (AvgIpc) is 3.33. The fourth-order valence-electron chi connectivity index (χ4n) is 4.73. The van der Waals surface area contributed by atoms with Gasteiger partial charge >= 0.3 is 6.18 Å². The Morgan fingerprint density at radius 1 is 0.941 bits per heavy atom. The molecule has 0 bridgehead atoms. The molecule has 34 heavy (non-hydrogen) atoms. The van der Waals surface area contributed by atoms with Crippen molar-refractivity contribution in [2.75, 3.05) is 44.2 Å². The van der Waals surface area contributed by atoms with E-state index in [0.29, 0.717) is 61.1 Å². The maximum atomic E-state index is 13.4. The molecule has 2 saturated heterocycles. The summed E-state index contributed by atoms with van der Waals surface area (Å²) in [5.41, 5.74) is 0.903. The van der Waals surface area contributed by atoms with Gasteiger partial charge < -0.3 is 9.80 Å². The minimum atomic E-state index is -4.61. The first-order valence-corrected chi connectivity index (χ1v) is 11.6. The molecule has 3 heterocycles. The third kappa shape index (κ3) is 4.54. The van der Waals surface area contributed by atoms with Crippen LogP contribution in [-0.4, -0.2) is 71.0 Å². The summed E-state index contributed by atoms with van der Waals surface area (Å²) >= 11 is 5.92. The number of benzene rings is 2. The van der Waals surface area contributed by atoms with Crippen molar-refractivity contribution in [3.05, 3.63) is 64.9 Å². The Balaban J connectivity index is 1.26. The summed E-state index contributed by atoms with van der Waals surface area (Å²) < 4.78 is 40.1. The molecular weight excluding hydrogens is 467 g/mol. The highest BCUT2D eigenvalue weighted by molar-refractivity contribution is 6.30. The summed E-state index contributed by atoms with van der Waals surface area (Å²) in [5.74, 6) is -0.802. The van der Waals surface area contributed by atoms with Crippen LogP contribution in [0.4, 0.5) is 19.0 Å². The van der Waals surface area contributed by atoms with Crippen molar-refractivity contribution >= 4 is 34.2 Å². The number of aromatic nitrogens is 2. The van der Waals surface area contributed by atoms with E-state index in [0.717, 1.165) is 6.42 Å². The van der Waals surface area contributed by atoms with Crippen LogP contribution in [0.1, 0.15) is 22.6 Å². The van der Waals surface area contributed by atoms with E-state index in [1.165, 1.54) is 0 Å². The molecule has 0 saturated carbocycles. The highest BCUT2D eigenvalue weighted by atomic mass is 35.5. The number of hydrogen-bond acceptors (Lipinski definition) is 5. The smallest absolute Gasteiger partial charge is 0.353 e. The number of carbonyl (C=O) groups is 1. The van der Waals surface area contributed by atoms with E-state index >= 15 is 0 Å². The lowest BCUT2D eigenvalue weighted by Crippen LogP contribution is -2.51. The van der Waals surface area contributed by atoms with Crippen LogP contribution in [0.25, 0.3) is 10.9 Å². The summed E-state index contributed by atoms with van der Waals surface area (Å²) in [4.78, 5) is 26.5. The van der Waals surface area contributed by atoms with Gasteiger partial charge in [0.1, 0.15) is 5.82 Å². The molecule has 1 amide bonds. The number of amides is 1. The first-order chi connectivity index (χ1) is 16.3. The molecule has 0 aliphatic carbocycles. The molecule has 0 radical (unpaired) electrons. The lowest BCUT2D eigenvalue weighted by molar-refractivity contribution is -0.144. The second kappa shape index (κ2) is 9.03. The van der Waals surface area contributed by atoms with E-state index in [9.17, 15) is 18.0 Å². The zero-order chi connectivity index (χ0) is 23.9. The van der Waals surface area contributed by atoms with Gasteiger partial charge in [0, 0.05) is 61.3 Å². The molecule has 2 aromatic carbocycles. The lowest BCUT2D eigenvalue weighted by atomic mass is 10.1.